The van der Waals surface area contributed by atoms with Gasteiger partial charge in [-0.3, -0.25) is 9.48 Å². The van der Waals surface area contributed by atoms with Crippen LogP contribution >= 0.6 is 15.9 Å². The van der Waals surface area contributed by atoms with E-state index in [1.807, 2.05) is 60.3 Å². The number of amides is 1. The molecule has 1 aromatic carbocycles. The molecule has 0 bridgehead atoms. The molecule has 29 heavy (non-hydrogen) atoms. The first-order valence-corrected chi connectivity index (χ1v) is 9.79. The Morgan fingerprint density at radius 2 is 1.83 bits per heavy atom. The molecule has 0 saturated heterocycles. The van der Waals surface area contributed by atoms with Crippen LogP contribution in [0.15, 0.2) is 53.3 Å². The third-order valence-electron chi connectivity index (χ3n) is 4.63. The SMILES string of the molecule is Cc1c(Br)c(C(F)(F)F)nn1CCC(=O)NC(C)c1ccc(-n2cccc2)cc1. The van der Waals surface area contributed by atoms with Gasteiger partial charge in [0.25, 0.3) is 0 Å². The van der Waals surface area contributed by atoms with Crippen molar-refractivity contribution in [1.29, 1.82) is 0 Å². The van der Waals surface area contributed by atoms with E-state index < -0.39 is 11.9 Å². The predicted molar refractivity (Wildman–Crippen MR) is 107 cm³/mol. The van der Waals surface area contributed by atoms with E-state index in [1.54, 1.807) is 0 Å². The average Bonchev–Trinajstić information content (AvgIpc) is 3.30. The third-order valence-corrected chi connectivity index (χ3v) is 5.58. The van der Waals surface area contributed by atoms with Gasteiger partial charge in [0.1, 0.15) is 0 Å². The number of aromatic nitrogens is 3. The van der Waals surface area contributed by atoms with Crippen molar-refractivity contribution in [2.45, 2.75) is 39.0 Å². The van der Waals surface area contributed by atoms with Crippen molar-refractivity contribution in [3.8, 4) is 5.69 Å². The maximum absolute atomic E-state index is 12.9. The fourth-order valence-corrected chi connectivity index (χ4v) is 3.48. The number of halogens is 4. The number of nitrogens with one attached hydrogen (secondary N) is 1. The van der Waals surface area contributed by atoms with Gasteiger partial charge < -0.3 is 9.88 Å². The fourth-order valence-electron chi connectivity index (χ4n) is 2.97. The van der Waals surface area contributed by atoms with Crippen LogP contribution in [0.2, 0.25) is 0 Å². The molecule has 2 heterocycles. The highest BCUT2D eigenvalue weighted by molar-refractivity contribution is 9.10. The zero-order valence-electron chi connectivity index (χ0n) is 15.9. The summed E-state index contributed by atoms with van der Waals surface area (Å²) in [6, 6.07) is 11.4. The summed E-state index contributed by atoms with van der Waals surface area (Å²) < 4.78 is 41.9. The lowest BCUT2D eigenvalue weighted by molar-refractivity contribution is -0.142. The van der Waals surface area contributed by atoms with Crippen molar-refractivity contribution < 1.29 is 18.0 Å². The molecule has 0 aliphatic heterocycles. The smallest absolute Gasteiger partial charge is 0.350 e. The largest absolute Gasteiger partial charge is 0.436 e. The second-order valence-corrected chi connectivity index (χ2v) is 7.48. The summed E-state index contributed by atoms with van der Waals surface area (Å²) in [6.45, 7) is 3.45. The second kappa shape index (κ2) is 8.44. The first-order chi connectivity index (χ1) is 13.7. The molecule has 0 saturated carbocycles. The zero-order valence-corrected chi connectivity index (χ0v) is 17.5. The van der Waals surface area contributed by atoms with Gasteiger partial charge in [0, 0.05) is 24.5 Å². The quantitative estimate of drug-likeness (QED) is 0.551. The van der Waals surface area contributed by atoms with Gasteiger partial charge in [-0.1, -0.05) is 12.1 Å². The third kappa shape index (κ3) is 4.90. The standard InChI is InChI=1S/C20H20BrF3N4O/c1-13(15-5-7-16(8-6-15)27-10-3-4-11-27)25-17(29)9-12-28-14(2)18(21)19(26-28)20(22,23)24/h3-8,10-11,13H,9,12H2,1-2H3,(H,25,29). The molecule has 0 radical (unpaired) electrons. The van der Waals surface area contributed by atoms with Gasteiger partial charge in [-0.15, -0.1) is 0 Å². The predicted octanol–water partition coefficient (Wildman–Crippen LogP) is 5.03. The molecule has 154 valence electrons. The Labute approximate surface area is 174 Å². The Morgan fingerprint density at radius 1 is 1.21 bits per heavy atom. The van der Waals surface area contributed by atoms with Crippen LogP contribution in [0, 0.1) is 6.92 Å². The molecule has 0 aliphatic carbocycles. The van der Waals surface area contributed by atoms with E-state index in [2.05, 4.69) is 26.3 Å². The summed E-state index contributed by atoms with van der Waals surface area (Å²) in [5.41, 5.74) is 1.30. The summed E-state index contributed by atoms with van der Waals surface area (Å²) in [6.07, 6.45) is -0.628. The first kappa shape index (κ1) is 21.2. The Balaban J connectivity index is 1.58. The Bertz CT molecular complexity index is 979. The summed E-state index contributed by atoms with van der Waals surface area (Å²) in [5.74, 6) is -0.258. The lowest BCUT2D eigenvalue weighted by atomic mass is 10.1. The maximum Gasteiger partial charge on any atom is 0.436 e. The molecule has 0 aliphatic rings. The molecule has 1 N–H and O–H groups in total. The van der Waals surface area contributed by atoms with Crippen LogP contribution in [0.5, 0.6) is 0 Å². The number of alkyl halides is 3. The van der Waals surface area contributed by atoms with Crippen LogP contribution in [0.25, 0.3) is 5.69 Å². The van der Waals surface area contributed by atoms with E-state index in [0.29, 0.717) is 5.69 Å². The van der Waals surface area contributed by atoms with Gasteiger partial charge >= 0.3 is 6.18 Å². The van der Waals surface area contributed by atoms with Gasteiger partial charge in [-0.05, 0) is 59.6 Å². The molecule has 5 nitrogen and oxygen atoms in total. The molecule has 1 amide bonds. The molecule has 0 spiro atoms. The highest BCUT2D eigenvalue weighted by Crippen LogP contribution is 2.35. The van der Waals surface area contributed by atoms with Crippen LogP contribution < -0.4 is 5.32 Å². The maximum atomic E-state index is 12.9. The molecule has 3 aromatic rings. The zero-order chi connectivity index (χ0) is 21.2. The summed E-state index contributed by atoms with van der Waals surface area (Å²) in [5, 5.41) is 6.46. The first-order valence-electron chi connectivity index (χ1n) is 8.99. The lowest BCUT2D eigenvalue weighted by Crippen LogP contribution is -2.27. The topological polar surface area (TPSA) is 51.9 Å². The number of hydrogen-bond acceptors (Lipinski definition) is 2. The number of carbonyl (C=O) groups is 1. The molecule has 0 fully saturated rings. The summed E-state index contributed by atoms with van der Waals surface area (Å²) >= 11 is 2.93. The number of rotatable bonds is 6. The lowest BCUT2D eigenvalue weighted by Gasteiger charge is -2.15. The monoisotopic (exact) mass is 468 g/mol. The molecule has 2 aromatic heterocycles. The second-order valence-electron chi connectivity index (χ2n) is 6.69. The minimum absolute atomic E-state index is 0.0258. The number of hydrogen-bond donors (Lipinski definition) is 1. The van der Waals surface area contributed by atoms with Gasteiger partial charge in [0.2, 0.25) is 5.91 Å². The molecular weight excluding hydrogens is 449 g/mol. The van der Waals surface area contributed by atoms with Crippen LogP contribution in [-0.4, -0.2) is 20.3 Å². The van der Waals surface area contributed by atoms with E-state index in [4.69, 9.17) is 0 Å². The Morgan fingerprint density at radius 3 is 2.38 bits per heavy atom. The van der Waals surface area contributed by atoms with Gasteiger partial charge in [0.15, 0.2) is 5.69 Å². The number of nitrogens with zero attached hydrogens (tertiary/aromatic N) is 3. The van der Waals surface area contributed by atoms with Crippen molar-refractivity contribution in [3.05, 3.63) is 70.2 Å². The van der Waals surface area contributed by atoms with E-state index in [-0.39, 0.29) is 29.4 Å². The van der Waals surface area contributed by atoms with Crippen molar-refractivity contribution >= 4 is 21.8 Å². The Hall–Kier alpha value is -2.55. The number of aryl methyl sites for hydroxylation is 1. The van der Waals surface area contributed by atoms with Crippen LogP contribution in [0.1, 0.15) is 36.3 Å². The highest BCUT2D eigenvalue weighted by Gasteiger charge is 2.37. The number of benzene rings is 1. The molecular formula is C20H20BrF3N4O. The fraction of sp³-hybridized carbons (Fsp3) is 0.300. The van der Waals surface area contributed by atoms with Crippen LogP contribution in [0.3, 0.4) is 0 Å². The van der Waals surface area contributed by atoms with Gasteiger partial charge in [0.05, 0.1) is 22.8 Å². The molecule has 1 atom stereocenters. The van der Waals surface area contributed by atoms with Crippen molar-refractivity contribution in [3.63, 3.8) is 0 Å². The van der Waals surface area contributed by atoms with E-state index in [9.17, 15) is 18.0 Å². The molecule has 1 unspecified atom stereocenters. The molecule has 3 rings (SSSR count). The highest BCUT2D eigenvalue weighted by atomic mass is 79.9. The Kier molecular flexibility index (Phi) is 6.16. The minimum Gasteiger partial charge on any atom is -0.350 e. The van der Waals surface area contributed by atoms with Gasteiger partial charge in [-0.25, -0.2) is 0 Å². The van der Waals surface area contributed by atoms with Crippen molar-refractivity contribution in [2.24, 2.45) is 0 Å². The minimum atomic E-state index is -4.54. The number of carbonyl (C=O) groups excluding carboxylic acids is 1. The molecule has 9 heteroatoms. The average molecular weight is 469 g/mol. The van der Waals surface area contributed by atoms with Gasteiger partial charge in [-0.2, -0.15) is 18.3 Å². The summed E-state index contributed by atoms with van der Waals surface area (Å²) in [7, 11) is 0. The van der Waals surface area contributed by atoms with Crippen molar-refractivity contribution in [2.75, 3.05) is 0 Å². The van der Waals surface area contributed by atoms with Crippen LogP contribution in [0.4, 0.5) is 13.2 Å². The van der Waals surface area contributed by atoms with E-state index in [0.717, 1.165) is 11.3 Å². The van der Waals surface area contributed by atoms with Crippen molar-refractivity contribution in [1.82, 2.24) is 19.7 Å². The normalized spacial score (nSPS) is 12.8. The van der Waals surface area contributed by atoms with E-state index >= 15 is 0 Å². The summed E-state index contributed by atoms with van der Waals surface area (Å²) in [4.78, 5) is 12.3. The van der Waals surface area contributed by atoms with E-state index in [1.165, 1.54) is 11.6 Å². The van der Waals surface area contributed by atoms with Crippen LogP contribution in [-0.2, 0) is 17.5 Å².